The molecule has 0 aliphatic heterocycles. The van der Waals surface area contributed by atoms with Crippen LogP contribution in [-0.2, 0) is 6.42 Å². The van der Waals surface area contributed by atoms with Crippen LogP contribution in [0.4, 0.5) is 0 Å². The molecule has 0 bridgehead atoms. The summed E-state index contributed by atoms with van der Waals surface area (Å²) in [5.41, 5.74) is 2.02. The van der Waals surface area contributed by atoms with E-state index in [4.69, 9.17) is 16.0 Å². The Bertz CT molecular complexity index is 749. The van der Waals surface area contributed by atoms with E-state index < -0.39 is 0 Å². The van der Waals surface area contributed by atoms with Crippen LogP contribution in [0.25, 0.3) is 0 Å². The summed E-state index contributed by atoms with van der Waals surface area (Å²) in [6.07, 6.45) is 3.16. The van der Waals surface area contributed by atoms with Crippen molar-refractivity contribution in [3.8, 4) is 0 Å². The van der Waals surface area contributed by atoms with Crippen LogP contribution in [0.15, 0.2) is 46.0 Å². The molecule has 0 atom stereocenters. The van der Waals surface area contributed by atoms with E-state index in [1.807, 2.05) is 31.2 Å². The first kappa shape index (κ1) is 23.3. The Hall–Kier alpha value is -1.74. The van der Waals surface area contributed by atoms with E-state index in [1.54, 1.807) is 13.1 Å². The maximum absolute atomic E-state index is 11.9. The van der Waals surface area contributed by atoms with Gasteiger partial charge in [0.1, 0.15) is 0 Å². The van der Waals surface area contributed by atoms with Gasteiger partial charge in [0.25, 0.3) is 5.91 Å². The first-order valence-electron chi connectivity index (χ1n) is 8.61. The number of hydrogen-bond acceptors (Lipinski definition) is 3. The predicted octanol–water partition coefficient (Wildman–Crippen LogP) is 3.39. The summed E-state index contributed by atoms with van der Waals surface area (Å²) in [5.74, 6) is 0.924. The summed E-state index contributed by atoms with van der Waals surface area (Å²) in [6.45, 7) is 3.87. The number of aliphatic imine (C=N–C) groups is 1. The normalized spacial score (nSPS) is 10.9. The van der Waals surface area contributed by atoms with Gasteiger partial charge in [0, 0.05) is 37.3 Å². The number of carbonyl (C=O) groups excluding carboxylic acids is 1. The average Bonchev–Trinajstić information content (AvgIpc) is 3.06. The van der Waals surface area contributed by atoms with Crippen LogP contribution >= 0.6 is 35.6 Å². The van der Waals surface area contributed by atoms with E-state index in [0.717, 1.165) is 35.9 Å². The molecular weight excluding hydrogens is 479 g/mol. The van der Waals surface area contributed by atoms with E-state index in [2.05, 4.69) is 20.9 Å². The maximum Gasteiger partial charge on any atom is 0.287 e. The summed E-state index contributed by atoms with van der Waals surface area (Å²) >= 11 is 5.98. The molecule has 6 nitrogen and oxygen atoms in total. The second kappa shape index (κ2) is 12.6. The molecular formula is C19H26ClIN4O2. The van der Waals surface area contributed by atoms with E-state index in [1.165, 1.54) is 11.8 Å². The molecule has 0 aliphatic carbocycles. The number of rotatable bonds is 8. The highest BCUT2D eigenvalue weighted by molar-refractivity contribution is 14.0. The van der Waals surface area contributed by atoms with Gasteiger partial charge in [-0.25, -0.2) is 0 Å². The van der Waals surface area contributed by atoms with Gasteiger partial charge in [-0.15, -0.1) is 24.0 Å². The minimum absolute atomic E-state index is 0. The lowest BCUT2D eigenvalue weighted by atomic mass is 10.1. The number of benzene rings is 1. The molecule has 0 radical (unpaired) electrons. The third-order valence-electron chi connectivity index (χ3n) is 3.82. The standard InChI is InChI=1S/C19H25ClN4O2.HI/c1-14-8-12-26-17(14)18(25)22-9-4-10-23-19(21-2)24-11-7-15-5-3-6-16(20)13-15;/h3,5-6,8,12-13H,4,7,9-11H2,1-2H3,(H,22,25)(H2,21,23,24);1H. The van der Waals surface area contributed by atoms with Gasteiger partial charge in [0.15, 0.2) is 11.7 Å². The summed E-state index contributed by atoms with van der Waals surface area (Å²) in [4.78, 5) is 16.1. The van der Waals surface area contributed by atoms with Gasteiger partial charge in [-0.1, -0.05) is 23.7 Å². The Balaban J connectivity index is 0.00000364. The predicted molar refractivity (Wildman–Crippen MR) is 120 cm³/mol. The molecule has 8 heteroatoms. The number of aryl methyl sites for hydroxylation is 1. The second-order valence-electron chi connectivity index (χ2n) is 5.85. The number of halogens is 2. The van der Waals surface area contributed by atoms with Crippen LogP contribution in [0.3, 0.4) is 0 Å². The Labute approximate surface area is 182 Å². The second-order valence-corrected chi connectivity index (χ2v) is 6.28. The van der Waals surface area contributed by atoms with Crippen LogP contribution in [0, 0.1) is 6.92 Å². The van der Waals surface area contributed by atoms with Crippen molar-refractivity contribution in [1.82, 2.24) is 16.0 Å². The molecule has 0 unspecified atom stereocenters. The fourth-order valence-electron chi connectivity index (χ4n) is 2.42. The van der Waals surface area contributed by atoms with Crippen LogP contribution in [0.2, 0.25) is 5.02 Å². The number of carbonyl (C=O) groups is 1. The van der Waals surface area contributed by atoms with Gasteiger partial charge in [-0.05, 0) is 43.5 Å². The van der Waals surface area contributed by atoms with Gasteiger partial charge in [0.05, 0.1) is 6.26 Å². The molecule has 1 aromatic heterocycles. The quantitative estimate of drug-likeness (QED) is 0.223. The molecule has 1 heterocycles. The molecule has 0 aliphatic rings. The zero-order chi connectivity index (χ0) is 18.8. The van der Waals surface area contributed by atoms with Gasteiger partial charge in [-0.2, -0.15) is 0 Å². The zero-order valence-corrected chi connectivity index (χ0v) is 18.6. The Morgan fingerprint density at radius 1 is 1.15 bits per heavy atom. The number of nitrogens with one attached hydrogen (secondary N) is 3. The minimum atomic E-state index is -0.184. The molecule has 0 spiro atoms. The molecule has 3 N–H and O–H groups in total. The van der Waals surface area contributed by atoms with Crippen molar-refractivity contribution in [1.29, 1.82) is 0 Å². The molecule has 27 heavy (non-hydrogen) atoms. The van der Waals surface area contributed by atoms with Gasteiger partial charge in [-0.3, -0.25) is 9.79 Å². The lowest BCUT2D eigenvalue weighted by molar-refractivity contribution is 0.0925. The van der Waals surface area contributed by atoms with Crippen molar-refractivity contribution in [3.63, 3.8) is 0 Å². The first-order valence-corrected chi connectivity index (χ1v) is 8.99. The van der Waals surface area contributed by atoms with Crippen LogP contribution in [-0.4, -0.2) is 38.5 Å². The van der Waals surface area contributed by atoms with Gasteiger partial charge in [0.2, 0.25) is 0 Å². The van der Waals surface area contributed by atoms with Crippen molar-refractivity contribution in [2.24, 2.45) is 4.99 Å². The maximum atomic E-state index is 11.9. The SMILES string of the molecule is CN=C(NCCCNC(=O)c1occc1C)NCCc1cccc(Cl)c1.I. The molecule has 2 aromatic rings. The lowest BCUT2D eigenvalue weighted by Gasteiger charge is -2.12. The molecule has 0 saturated carbocycles. The largest absolute Gasteiger partial charge is 0.459 e. The van der Waals surface area contributed by atoms with E-state index in [9.17, 15) is 4.79 Å². The number of amides is 1. The number of nitrogens with zero attached hydrogens (tertiary/aromatic N) is 1. The van der Waals surface area contributed by atoms with Crippen molar-refractivity contribution in [2.75, 3.05) is 26.7 Å². The van der Waals surface area contributed by atoms with E-state index >= 15 is 0 Å². The fourth-order valence-corrected chi connectivity index (χ4v) is 2.63. The third kappa shape index (κ3) is 8.21. The molecule has 0 fully saturated rings. The van der Waals surface area contributed by atoms with Gasteiger partial charge < -0.3 is 20.4 Å². The Morgan fingerprint density at radius 3 is 2.56 bits per heavy atom. The Kier molecular flexibility index (Phi) is 10.9. The summed E-state index contributed by atoms with van der Waals surface area (Å²) in [7, 11) is 1.73. The highest BCUT2D eigenvalue weighted by Crippen LogP contribution is 2.10. The Morgan fingerprint density at radius 2 is 1.89 bits per heavy atom. The molecule has 0 saturated heterocycles. The highest BCUT2D eigenvalue weighted by Gasteiger charge is 2.11. The van der Waals surface area contributed by atoms with E-state index in [0.29, 0.717) is 18.8 Å². The number of furan rings is 1. The highest BCUT2D eigenvalue weighted by atomic mass is 127. The lowest BCUT2D eigenvalue weighted by Crippen LogP contribution is -2.39. The number of hydrogen-bond donors (Lipinski definition) is 3. The summed E-state index contributed by atoms with van der Waals surface area (Å²) < 4.78 is 5.16. The van der Waals surface area contributed by atoms with Crippen LogP contribution < -0.4 is 16.0 Å². The van der Waals surface area contributed by atoms with Crippen LogP contribution in [0.1, 0.15) is 28.1 Å². The van der Waals surface area contributed by atoms with Gasteiger partial charge >= 0.3 is 0 Å². The fraction of sp³-hybridized carbons (Fsp3) is 0.368. The number of guanidine groups is 1. The van der Waals surface area contributed by atoms with Crippen molar-refractivity contribution in [3.05, 3.63) is 58.5 Å². The monoisotopic (exact) mass is 504 g/mol. The summed E-state index contributed by atoms with van der Waals surface area (Å²) in [6, 6.07) is 9.60. The smallest absolute Gasteiger partial charge is 0.287 e. The molecule has 1 amide bonds. The van der Waals surface area contributed by atoms with Crippen LogP contribution in [0.5, 0.6) is 0 Å². The van der Waals surface area contributed by atoms with Crippen molar-refractivity contribution in [2.45, 2.75) is 19.8 Å². The summed E-state index contributed by atoms with van der Waals surface area (Å²) in [5, 5.41) is 10.1. The zero-order valence-electron chi connectivity index (χ0n) is 15.5. The minimum Gasteiger partial charge on any atom is -0.459 e. The van der Waals surface area contributed by atoms with E-state index in [-0.39, 0.29) is 29.9 Å². The topological polar surface area (TPSA) is 78.7 Å². The van der Waals surface area contributed by atoms with Crippen molar-refractivity contribution >= 4 is 47.4 Å². The first-order chi connectivity index (χ1) is 12.6. The average molecular weight is 505 g/mol. The molecule has 2 rings (SSSR count). The molecule has 1 aromatic carbocycles. The molecule has 148 valence electrons. The van der Waals surface area contributed by atoms with Crippen molar-refractivity contribution < 1.29 is 9.21 Å². The third-order valence-corrected chi connectivity index (χ3v) is 4.05.